The highest BCUT2D eigenvalue weighted by Crippen LogP contribution is 2.12. The number of carbonyl (C=O) groups is 1. The first-order valence-corrected chi connectivity index (χ1v) is 5.77. The van der Waals surface area contributed by atoms with Crippen LogP contribution in [-0.2, 0) is 4.74 Å². The van der Waals surface area contributed by atoms with Crippen molar-refractivity contribution in [3.05, 3.63) is 41.2 Å². The summed E-state index contributed by atoms with van der Waals surface area (Å²) in [5.74, 6) is -0.891. The summed E-state index contributed by atoms with van der Waals surface area (Å²) in [6, 6.07) is 5.22. The first-order valence-electron chi connectivity index (χ1n) is 5.77. The van der Waals surface area contributed by atoms with Crippen molar-refractivity contribution in [3.63, 3.8) is 0 Å². The predicted octanol–water partition coefficient (Wildman–Crippen LogP) is 3.48. The van der Waals surface area contributed by atoms with Crippen LogP contribution >= 0.6 is 0 Å². The van der Waals surface area contributed by atoms with Gasteiger partial charge in [0.2, 0.25) is 0 Å². The maximum Gasteiger partial charge on any atom is 0.335 e. The van der Waals surface area contributed by atoms with Crippen molar-refractivity contribution < 1.29 is 14.6 Å². The van der Waals surface area contributed by atoms with Crippen molar-refractivity contribution in [2.75, 3.05) is 6.61 Å². The van der Waals surface area contributed by atoms with E-state index in [1.165, 1.54) is 0 Å². The van der Waals surface area contributed by atoms with E-state index in [9.17, 15) is 4.79 Å². The molecule has 0 aliphatic heterocycles. The van der Waals surface area contributed by atoms with Crippen molar-refractivity contribution in [1.82, 2.24) is 0 Å². The van der Waals surface area contributed by atoms with Crippen molar-refractivity contribution in [2.24, 2.45) is 0 Å². The largest absolute Gasteiger partial charge is 0.501 e. The molecule has 0 saturated heterocycles. The molecule has 0 spiro atoms. The molecule has 17 heavy (non-hydrogen) atoms. The average molecular weight is 234 g/mol. The molecule has 92 valence electrons. The molecule has 3 nitrogen and oxygen atoms in total. The Morgan fingerprint density at radius 2 is 2.24 bits per heavy atom. The minimum absolute atomic E-state index is 0.342. The molecule has 1 rings (SSSR count). The second-order valence-corrected chi connectivity index (χ2v) is 3.91. The molecule has 0 aliphatic carbocycles. The van der Waals surface area contributed by atoms with Gasteiger partial charge >= 0.3 is 5.97 Å². The number of unbranched alkanes of at least 4 members (excludes halogenated alkanes) is 1. The Morgan fingerprint density at radius 1 is 1.47 bits per heavy atom. The molecule has 0 aromatic heterocycles. The summed E-state index contributed by atoms with van der Waals surface area (Å²) in [7, 11) is 0. The third-order valence-electron chi connectivity index (χ3n) is 2.45. The number of carboxylic acids is 1. The molecule has 0 atom stereocenters. The highest BCUT2D eigenvalue weighted by atomic mass is 16.5. The standard InChI is InChI=1S/C14H18O3/c1-3-4-8-17-9-7-12-5-6-13(14(15)16)11(2)10-12/h5-7,9-10H,3-4,8H2,1-2H3,(H,15,16)/b9-7+. The van der Waals surface area contributed by atoms with Gasteiger partial charge in [-0.25, -0.2) is 4.79 Å². The van der Waals surface area contributed by atoms with Crippen molar-refractivity contribution >= 4 is 12.0 Å². The quantitative estimate of drug-likeness (QED) is 0.605. The molecule has 0 fully saturated rings. The highest BCUT2D eigenvalue weighted by molar-refractivity contribution is 5.89. The number of ether oxygens (including phenoxy) is 1. The Hall–Kier alpha value is -1.77. The number of carboxylic acid groups (broad SMARTS) is 1. The van der Waals surface area contributed by atoms with E-state index >= 15 is 0 Å². The summed E-state index contributed by atoms with van der Waals surface area (Å²) in [5.41, 5.74) is 2.05. The maximum atomic E-state index is 10.8. The minimum atomic E-state index is -0.891. The summed E-state index contributed by atoms with van der Waals surface area (Å²) in [6.45, 7) is 4.62. The van der Waals surface area contributed by atoms with E-state index in [1.807, 2.05) is 12.1 Å². The Bertz CT molecular complexity index is 408. The molecule has 0 amide bonds. The summed E-state index contributed by atoms with van der Waals surface area (Å²) >= 11 is 0. The van der Waals surface area contributed by atoms with E-state index in [0.29, 0.717) is 5.56 Å². The number of hydrogen-bond donors (Lipinski definition) is 1. The normalized spacial score (nSPS) is 10.7. The molecule has 3 heteroatoms. The first kappa shape index (κ1) is 13.3. The van der Waals surface area contributed by atoms with Gasteiger partial charge in [0.25, 0.3) is 0 Å². The van der Waals surface area contributed by atoms with Gasteiger partial charge in [-0.05, 0) is 36.6 Å². The minimum Gasteiger partial charge on any atom is -0.501 e. The first-order chi connectivity index (χ1) is 8.15. The molecule has 1 aromatic rings. The van der Waals surface area contributed by atoms with Gasteiger partial charge in [0.05, 0.1) is 18.4 Å². The smallest absolute Gasteiger partial charge is 0.335 e. The van der Waals surface area contributed by atoms with Crippen LogP contribution in [0.15, 0.2) is 24.5 Å². The van der Waals surface area contributed by atoms with Gasteiger partial charge in [-0.3, -0.25) is 0 Å². The zero-order chi connectivity index (χ0) is 12.7. The lowest BCUT2D eigenvalue weighted by atomic mass is 10.1. The number of aromatic carboxylic acids is 1. The summed E-state index contributed by atoms with van der Waals surface area (Å²) < 4.78 is 5.30. The van der Waals surface area contributed by atoms with Crippen molar-refractivity contribution in [3.8, 4) is 0 Å². The van der Waals surface area contributed by atoms with Gasteiger partial charge < -0.3 is 9.84 Å². The van der Waals surface area contributed by atoms with Gasteiger partial charge in [-0.2, -0.15) is 0 Å². The Morgan fingerprint density at radius 3 is 2.82 bits per heavy atom. The van der Waals surface area contributed by atoms with E-state index in [2.05, 4.69) is 6.92 Å². The van der Waals surface area contributed by atoms with Gasteiger partial charge in [0.15, 0.2) is 0 Å². The fourth-order valence-corrected chi connectivity index (χ4v) is 1.45. The van der Waals surface area contributed by atoms with E-state index in [1.54, 1.807) is 25.3 Å². The maximum absolute atomic E-state index is 10.8. The van der Waals surface area contributed by atoms with Crippen LogP contribution in [0.25, 0.3) is 6.08 Å². The molecule has 0 aliphatic rings. The second-order valence-electron chi connectivity index (χ2n) is 3.91. The lowest BCUT2D eigenvalue weighted by Crippen LogP contribution is -1.99. The topological polar surface area (TPSA) is 46.5 Å². The summed E-state index contributed by atoms with van der Waals surface area (Å²) in [4.78, 5) is 10.8. The number of rotatable bonds is 6. The van der Waals surface area contributed by atoms with Crippen molar-refractivity contribution in [2.45, 2.75) is 26.7 Å². The Kier molecular flexibility index (Phi) is 5.27. The van der Waals surface area contributed by atoms with E-state index in [4.69, 9.17) is 9.84 Å². The van der Waals surface area contributed by atoms with Gasteiger partial charge in [0.1, 0.15) is 0 Å². The number of aryl methyl sites for hydroxylation is 1. The van der Waals surface area contributed by atoms with Crippen LogP contribution in [-0.4, -0.2) is 17.7 Å². The van der Waals surface area contributed by atoms with E-state index in [-0.39, 0.29) is 0 Å². The molecule has 0 unspecified atom stereocenters. The number of hydrogen-bond acceptors (Lipinski definition) is 2. The lowest BCUT2D eigenvalue weighted by molar-refractivity contribution is 0.0696. The Balaban J connectivity index is 2.61. The summed E-state index contributed by atoms with van der Waals surface area (Å²) in [5, 5.41) is 8.89. The monoisotopic (exact) mass is 234 g/mol. The number of benzene rings is 1. The van der Waals surface area contributed by atoms with Crippen LogP contribution in [0.2, 0.25) is 0 Å². The molecule has 0 bridgehead atoms. The average Bonchev–Trinajstić information content (AvgIpc) is 2.28. The molecular formula is C14H18O3. The molecule has 0 radical (unpaired) electrons. The molecule has 0 saturated carbocycles. The Labute approximate surface area is 102 Å². The SMILES string of the molecule is CCCCO/C=C/c1ccc(C(=O)O)c(C)c1. The summed E-state index contributed by atoms with van der Waals surface area (Å²) in [6.07, 6.45) is 5.65. The second kappa shape index (κ2) is 6.74. The van der Waals surface area contributed by atoms with E-state index < -0.39 is 5.97 Å². The highest BCUT2D eigenvalue weighted by Gasteiger charge is 2.05. The fraction of sp³-hybridized carbons (Fsp3) is 0.357. The van der Waals surface area contributed by atoms with Gasteiger partial charge in [0, 0.05) is 0 Å². The molecule has 0 heterocycles. The fourth-order valence-electron chi connectivity index (χ4n) is 1.45. The van der Waals surface area contributed by atoms with Gasteiger partial charge in [-0.15, -0.1) is 0 Å². The van der Waals surface area contributed by atoms with Crippen LogP contribution in [0.1, 0.15) is 41.3 Å². The molecule has 1 N–H and O–H groups in total. The zero-order valence-electron chi connectivity index (χ0n) is 10.3. The predicted molar refractivity (Wildman–Crippen MR) is 68.0 cm³/mol. The van der Waals surface area contributed by atoms with Crippen LogP contribution in [0.5, 0.6) is 0 Å². The third kappa shape index (κ3) is 4.31. The van der Waals surface area contributed by atoms with E-state index in [0.717, 1.165) is 30.6 Å². The lowest BCUT2D eigenvalue weighted by Gasteiger charge is -2.02. The van der Waals surface area contributed by atoms with Crippen LogP contribution in [0, 0.1) is 6.92 Å². The van der Waals surface area contributed by atoms with Gasteiger partial charge in [-0.1, -0.05) is 25.5 Å². The van der Waals surface area contributed by atoms with Crippen LogP contribution in [0.4, 0.5) is 0 Å². The van der Waals surface area contributed by atoms with Crippen molar-refractivity contribution in [1.29, 1.82) is 0 Å². The van der Waals surface area contributed by atoms with Crippen LogP contribution in [0.3, 0.4) is 0 Å². The zero-order valence-corrected chi connectivity index (χ0v) is 10.3. The third-order valence-corrected chi connectivity index (χ3v) is 2.45. The molecular weight excluding hydrogens is 216 g/mol. The van der Waals surface area contributed by atoms with Crippen LogP contribution < -0.4 is 0 Å². The molecule has 1 aromatic carbocycles.